The monoisotopic (exact) mass is 208 g/mol. The molecule has 0 bridgehead atoms. The zero-order chi connectivity index (χ0) is 10.9. The maximum Gasteiger partial charge on any atom is 0.169 e. The molecule has 0 N–H and O–H groups in total. The van der Waals surface area contributed by atoms with Crippen LogP contribution >= 0.6 is 0 Å². The van der Waals surface area contributed by atoms with Gasteiger partial charge in [0.1, 0.15) is 0 Å². The summed E-state index contributed by atoms with van der Waals surface area (Å²) in [5.41, 5.74) is 0. The molecule has 2 aliphatic rings. The lowest BCUT2D eigenvalue weighted by atomic mass is 9.89. The molecule has 1 aliphatic heterocycles. The van der Waals surface area contributed by atoms with Gasteiger partial charge in [0.05, 0.1) is 13.2 Å². The molecule has 2 heteroatoms. The van der Waals surface area contributed by atoms with Crippen LogP contribution in [0.1, 0.15) is 19.8 Å². The van der Waals surface area contributed by atoms with Crippen LogP contribution in [-0.2, 0) is 9.47 Å². The summed E-state index contributed by atoms with van der Waals surface area (Å²) in [5.74, 6) is 1.12. The van der Waals surface area contributed by atoms with Gasteiger partial charge in [-0.2, -0.15) is 0 Å². The van der Waals surface area contributed by atoms with Crippen molar-refractivity contribution in [3.8, 4) is 0 Å². The molecule has 0 aromatic carbocycles. The lowest BCUT2D eigenvalue weighted by Gasteiger charge is -2.32. The van der Waals surface area contributed by atoms with Crippen LogP contribution in [-0.4, -0.2) is 19.0 Å². The van der Waals surface area contributed by atoms with E-state index in [0.29, 0.717) is 17.8 Å². The van der Waals surface area contributed by atoms with E-state index in [1.54, 1.807) is 0 Å². The van der Waals surface area contributed by atoms with Crippen molar-refractivity contribution >= 4 is 0 Å². The average molecular weight is 208 g/mol. The van der Waals surface area contributed by atoms with E-state index in [2.05, 4.69) is 26.2 Å². The van der Waals surface area contributed by atoms with Gasteiger partial charge in [0, 0.05) is 5.92 Å². The Balaban J connectivity index is 2.13. The predicted octanol–water partition coefficient (Wildman–Crippen LogP) is 2.76. The minimum atomic E-state index is -0.392. The summed E-state index contributed by atoms with van der Waals surface area (Å²) in [5, 5.41) is 0. The van der Waals surface area contributed by atoms with Gasteiger partial charge in [-0.25, -0.2) is 0 Å². The molecule has 0 radical (unpaired) electrons. The molecular formula is C13H20O2. The summed E-state index contributed by atoms with van der Waals surface area (Å²) in [7, 11) is 0. The maximum absolute atomic E-state index is 5.74. The summed E-state index contributed by atoms with van der Waals surface area (Å²) in [6, 6.07) is 0. The molecule has 3 atom stereocenters. The molecule has 1 heterocycles. The maximum atomic E-state index is 5.74. The fraction of sp³-hybridized carbons (Fsp3) is 0.692. The molecule has 3 unspecified atom stereocenters. The van der Waals surface area contributed by atoms with Crippen molar-refractivity contribution < 1.29 is 9.47 Å². The third kappa shape index (κ3) is 1.88. The van der Waals surface area contributed by atoms with Gasteiger partial charge in [-0.15, -0.1) is 13.2 Å². The molecule has 1 aliphatic carbocycles. The number of rotatable bonds is 3. The van der Waals surface area contributed by atoms with Crippen molar-refractivity contribution in [1.29, 1.82) is 0 Å². The standard InChI is InChI=1S/C13H20O2/c1-4-10-8-11(5-2)12(9-10)13(3)14-6-7-15-13/h4-5,10-12H,1-2,6-9H2,3H3. The Hall–Kier alpha value is -0.600. The molecule has 0 amide bonds. The largest absolute Gasteiger partial charge is 0.348 e. The summed E-state index contributed by atoms with van der Waals surface area (Å²) in [6.45, 7) is 11.3. The second-order valence-corrected chi connectivity index (χ2v) is 4.69. The Labute approximate surface area is 92.0 Å². The summed E-state index contributed by atoms with van der Waals surface area (Å²) in [4.78, 5) is 0. The van der Waals surface area contributed by atoms with Gasteiger partial charge in [-0.3, -0.25) is 0 Å². The van der Waals surface area contributed by atoms with E-state index < -0.39 is 5.79 Å². The second-order valence-electron chi connectivity index (χ2n) is 4.69. The van der Waals surface area contributed by atoms with Crippen LogP contribution in [0.15, 0.2) is 25.3 Å². The van der Waals surface area contributed by atoms with E-state index in [4.69, 9.17) is 9.47 Å². The first-order valence-corrected chi connectivity index (χ1v) is 5.72. The van der Waals surface area contributed by atoms with Crippen LogP contribution in [0.25, 0.3) is 0 Å². The van der Waals surface area contributed by atoms with Crippen LogP contribution in [0.2, 0.25) is 0 Å². The molecule has 2 fully saturated rings. The van der Waals surface area contributed by atoms with Crippen LogP contribution < -0.4 is 0 Å². The van der Waals surface area contributed by atoms with Crippen molar-refractivity contribution in [2.45, 2.75) is 25.6 Å². The third-order valence-corrected chi connectivity index (χ3v) is 3.82. The minimum Gasteiger partial charge on any atom is -0.348 e. The fourth-order valence-corrected chi connectivity index (χ4v) is 2.91. The van der Waals surface area contributed by atoms with Gasteiger partial charge in [0.15, 0.2) is 5.79 Å². The summed E-state index contributed by atoms with van der Waals surface area (Å²) < 4.78 is 11.5. The fourth-order valence-electron chi connectivity index (χ4n) is 2.91. The van der Waals surface area contributed by atoms with Crippen LogP contribution in [0.5, 0.6) is 0 Å². The van der Waals surface area contributed by atoms with Gasteiger partial charge in [-0.05, 0) is 31.6 Å². The average Bonchev–Trinajstić information content (AvgIpc) is 2.84. The van der Waals surface area contributed by atoms with Crippen LogP contribution in [0, 0.1) is 17.8 Å². The van der Waals surface area contributed by atoms with Crippen molar-refractivity contribution in [3.05, 3.63) is 25.3 Å². The molecule has 0 aromatic rings. The predicted molar refractivity (Wildman–Crippen MR) is 60.4 cm³/mol. The highest BCUT2D eigenvalue weighted by molar-refractivity contribution is 5.02. The first-order chi connectivity index (χ1) is 7.19. The topological polar surface area (TPSA) is 18.5 Å². The molecule has 0 spiro atoms. The van der Waals surface area contributed by atoms with Crippen molar-refractivity contribution in [1.82, 2.24) is 0 Å². The van der Waals surface area contributed by atoms with E-state index in [1.165, 1.54) is 0 Å². The van der Waals surface area contributed by atoms with Gasteiger partial charge >= 0.3 is 0 Å². The zero-order valence-electron chi connectivity index (χ0n) is 9.45. The van der Waals surface area contributed by atoms with E-state index in [1.807, 2.05) is 6.08 Å². The lowest BCUT2D eigenvalue weighted by Crippen LogP contribution is -2.37. The summed E-state index contributed by atoms with van der Waals surface area (Å²) in [6.07, 6.45) is 6.34. The number of hydrogen-bond acceptors (Lipinski definition) is 2. The Morgan fingerprint density at radius 1 is 1.13 bits per heavy atom. The smallest absolute Gasteiger partial charge is 0.169 e. The Kier molecular flexibility index (Phi) is 2.98. The van der Waals surface area contributed by atoms with E-state index in [-0.39, 0.29) is 0 Å². The minimum absolute atomic E-state index is 0.392. The van der Waals surface area contributed by atoms with E-state index in [9.17, 15) is 0 Å². The molecule has 1 saturated carbocycles. The Bertz CT molecular complexity index is 253. The molecular weight excluding hydrogens is 188 g/mol. The van der Waals surface area contributed by atoms with Gasteiger partial charge in [0.2, 0.25) is 0 Å². The first-order valence-electron chi connectivity index (χ1n) is 5.72. The Morgan fingerprint density at radius 3 is 2.33 bits per heavy atom. The zero-order valence-corrected chi connectivity index (χ0v) is 9.45. The van der Waals surface area contributed by atoms with Crippen molar-refractivity contribution in [2.24, 2.45) is 17.8 Å². The van der Waals surface area contributed by atoms with Crippen molar-refractivity contribution in [3.63, 3.8) is 0 Å². The highest BCUT2D eigenvalue weighted by Crippen LogP contribution is 2.46. The van der Waals surface area contributed by atoms with E-state index in [0.717, 1.165) is 26.1 Å². The highest BCUT2D eigenvalue weighted by Gasteiger charge is 2.47. The first kappa shape index (κ1) is 10.9. The number of allylic oxidation sites excluding steroid dienone is 2. The quantitative estimate of drug-likeness (QED) is 0.664. The van der Waals surface area contributed by atoms with Gasteiger partial charge in [-0.1, -0.05) is 12.2 Å². The van der Waals surface area contributed by atoms with Crippen LogP contribution in [0.3, 0.4) is 0 Å². The van der Waals surface area contributed by atoms with Crippen LogP contribution in [0.4, 0.5) is 0 Å². The van der Waals surface area contributed by atoms with Gasteiger partial charge in [0.25, 0.3) is 0 Å². The van der Waals surface area contributed by atoms with Gasteiger partial charge < -0.3 is 9.47 Å². The highest BCUT2D eigenvalue weighted by atomic mass is 16.7. The number of ether oxygens (including phenoxy) is 2. The third-order valence-electron chi connectivity index (χ3n) is 3.82. The van der Waals surface area contributed by atoms with E-state index >= 15 is 0 Å². The normalized spacial score (nSPS) is 39.1. The lowest BCUT2D eigenvalue weighted by molar-refractivity contribution is -0.186. The van der Waals surface area contributed by atoms with Crippen molar-refractivity contribution in [2.75, 3.05) is 13.2 Å². The molecule has 2 rings (SSSR count). The second kappa shape index (κ2) is 4.11. The Morgan fingerprint density at radius 2 is 1.80 bits per heavy atom. The summed E-state index contributed by atoms with van der Waals surface area (Å²) >= 11 is 0. The molecule has 0 aromatic heterocycles. The SMILES string of the molecule is C=CC1CC(C=C)C(C2(C)OCCO2)C1. The molecule has 84 valence electrons. The molecule has 15 heavy (non-hydrogen) atoms. The number of hydrogen-bond donors (Lipinski definition) is 0. The molecule has 1 saturated heterocycles. The molecule has 2 nitrogen and oxygen atoms in total.